The van der Waals surface area contributed by atoms with Gasteiger partial charge in [0.25, 0.3) is 0 Å². The summed E-state index contributed by atoms with van der Waals surface area (Å²) >= 11 is 0. The fourth-order valence-electron chi connectivity index (χ4n) is 5.23. The highest BCUT2D eigenvalue weighted by atomic mass is 14.5. The Kier molecular flexibility index (Phi) is 9.10. The molecular formula is C24H46. The highest BCUT2D eigenvalue weighted by Crippen LogP contribution is 2.56. The van der Waals surface area contributed by atoms with Gasteiger partial charge >= 0.3 is 0 Å². The maximum absolute atomic E-state index is 4.11. The van der Waals surface area contributed by atoms with Crippen LogP contribution in [0.25, 0.3) is 0 Å². The molecule has 0 aromatic carbocycles. The number of hydrogen-bond donors (Lipinski definition) is 0. The molecular weight excluding hydrogens is 288 g/mol. The van der Waals surface area contributed by atoms with Crippen LogP contribution < -0.4 is 0 Å². The second kappa shape index (κ2) is 10.0. The van der Waals surface area contributed by atoms with Crippen LogP contribution in [0, 0.1) is 40.9 Å². The van der Waals surface area contributed by atoms with Gasteiger partial charge in [0, 0.05) is 0 Å². The minimum Gasteiger partial charge on any atom is -0.103 e. The van der Waals surface area contributed by atoms with Crippen LogP contribution in [0.2, 0.25) is 0 Å². The van der Waals surface area contributed by atoms with Crippen LogP contribution in [0.15, 0.2) is 12.7 Å². The van der Waals surface area contributed by atoms with Gasteiger partial charge in [0.05, 0.1) is 0 Å². The lowest BCUT2D eigenvalue weighted by Crippen LogP contribution is -2.26. The van der Waals surface area contributed by atoms with Crippen molar-refractivity contribution >= 4 is 0 Å². The second-order valence-electron chi connectivity index (χ2n) is 9.75. The van der Waals surface area contributed by atoms with Crippen molar-refractivity contribution < 1.29 is 0 Å². The molecule has 1 fully saturated rings. The molecule has 0 radical (unpaired) electrons. The van der Waals surface area contributed by atoms with Crippen molar-refractivity contribution in [3.05, 3.63) is 12.7 Å². The average molecular weight is 335 g/mol. The highest BCUT2D eigenvalue weighted by molar-refractivity contribution is 5.00. The summed E-state index contributed by atoms with van der Waals surface area (Å²) in [5.74, 6) is 5.26. The molecule has 1 saturated carbocycles. The Balaban J connectivity index is 2.62. The Bertz CT molecular complexity index is 353. The van der Waals surface area contributed by atoms with E-state index in [9.17, 15) is 0 Å². The van der Waals surface area contributed by atoms with E-state index in [-0.39, 0.29) is 0 Å². The molecule has 1 aliphatic rings. The molecule has 0 nitrogen and oxygen atoms in total. The second-order valence-corrected chi connectivity index (χ2v) is 9.75. The van der Waals surface area contributed by atoms with E-state index in [1.807, 2.05) is 0 Å². The van der Waals surface area contributed by atoms with Gasteiger partial charge in [-0.15, -0.1) is 6.58 Å². The molecule has 24 heavy (non-hydrogen) atoms. The van der Waals surface area contributed by atoms with Gasteiger partial charge in [-0.3, -0.25) is 0 Å². The zero-order valence-electron chi connectivity index (χ0n) is 17.9. The van der Waals surface area contributed by atoms with Gasteiger partial charge in [0.1, 0.15) is 0 Å². The van der Waals surface area contributed by atoms with Gasteiger partial charge < -0.3 is 0 Å². The Hall–Kier alpha value is -0.260. The average Bonchev–Trinajstić information content (AvgIpc) is 2.91. The van der Waals surface area contributed by atoms with Crippen LogP contribution >= 0.6 is 0 Å². The summed E-state index contributed by atoms with van der Waals surface area (Å²) in [5.41, 5.74) is 0.543. The first kappa shape index (κ1) is 21.8. The zero-order valence-corrected chi connectivity index (χ0v) is 17.9. The van der Waals surface area contributed by atoms with E-state index < -0.39 is 0 Å². The maximum Gasteiger partial charge on any atom is -0.0232 e. The predicted octanol–water partition coefficient (Wildman–Crippen LogP) is 8.13. The molecule has 0 heterocycles. The van der Waals surface area contributed by atoms with Gasteiger partial charge in [-0.2, -0.15) is 0 Å². The fourth-order valence-corrected chi connectivity index (χ4v) is 5.23. The van der Waals surface area contributed by atoms with Crippen molar-refractivity contribution in [3.63, 3.8) is 0 Å². The maximum atomic E-state index is 4.11. The van der Waals surface area contributed by atoms with Crippen LogP contribution in [-0.4, -0.2) is 0 Å². The molecule has 0 saturated heterocycles. The summed E-state index contributed by atoms with van der Waals surface area (Å²) in [5, 5.41) is 0. The highest BCUT2D eigenvalue weighted by Gasteiger charge is 2.47. The van der Waals surface area contributed by atoms with Crippen LogP contribution in [0.3, 0.4) is 0 Å². The van der Waals surface area contributed by atoms with E-state index >= 15 is 0 Å². The summed E-state index contributed by atoms with van der Waals surface area (Å²) in [4.78, 5) is 0. The van der Waals surface area contributed by atoms with Gasteiger partial charge in [0.2, 0.25) is 0 Å². The fraction of sp³-hybridized carbons (Fsp3) is 0.917. The van der Waals surface area contributed by atoms with Gasteiger partial charge in [-0.25, -0.2) is 0 Å². The molecule has 0 heteroatoms. The van der Waals surface area contributed by atoms with E-state index in [2.05, 4.69) is 61.1 Å². The minimum absolute atomic E-state index is 0.543. The number of unbranched alkanes of at least 4 members (excludes halogenated alkanes) is 1. The van der Waals surface area contributed by atoms with Crippen molar-refractivity contribution in [1.82, 2.24) is 0 Å². The molecule has 0 aromatic rings. The lowest BCUT2D eigenvalue weighted by atomic mass is 9.69. The minimum atomic E-state index is 0.543. The van der Waals surface area contributed by atoms with Crippen molar-refractivity contribution in [1.29, 1.82) is 0 Å². The molecule has 5 atom stereocenters. The molecule has 0 aliphatic heterocycles. The molecule has 1 rings (SSSR count). The monoisotopic (exact) mass is 334 g/mol. The lowest BCUT2D eigenvalue weighted by Gasteiger charge is -2.36. The van der Waals surface area contributed by atoms with Gasteiger partial charge in [-0.05, 0) is 60.2 Å². The van der Waals surface area contributed by atoms with Crippen molar-refractivity contribution in [3.8, 4) is 0 Å². The zero-order chi connectivity index (χ0) is 18.3. The van der Waals surface area contributed by atoms with E-state index in [1.165, 1.54) is 51.4 Å². The largest absolute Gasteiger partial charge is 0.103 e. The molecule has 0 N–H and O–H groups in total. The standard InChI is InChI=1S/C24H46/c1-9-15-24(16-22(10-2)23(17-24)19(5)6)21(8)14-12-11-13-20(7)18(3)4/h9,18-23H,1,10-17H2,2-8H3. The van der Waals surface area contributed by atoms with Crippen LogP contribution in [0.4, 0.5) is 0 Å². The number of allylic oxidation sites excluding steroid dienone is 1. The van der Waals surface area contributed by atoms with Crippen molar-refractivity contribution in [2.75, 3.05) is 0 Å². The Morgan fingerprint density at radius 3 is 2.08 bits per heavy atom. The first-order valence-corrected chi connectivity index (χ1v) is 10.9. The summed E-state index contributed by atoms with van der Waals surface area (Å²) < 4.78 is 0. The lowest BCUT2D eigenvalue weighted by molar-refractivity contribution is 0.155. The quantitative estimate of drug-likeness (QED) is 0.264. The molecule has 1 aliphatic carbocycles. The molecule has 0 bridgehead atoms. The topological polar surface area (TPSA) is 0 Å². The SMILES string of the molecule is C=CCC1(C(C)CCCCC(C)C(C)C)CC(CC)C(C(C)C)C1. The van der Waals surface area contributed by atoms with Crippen LogP contribution in [-0.2, 0) is 0 Å². The first-order valence-electron chi connectivity index (χ1n) is 10.9. The Labute approximate surface area is 153 Å². The number of rotatable bonds is 11. The van der Waals surface area contributed by atoms with Crippen LogP contribution in [0.1, 0.15) is 99.8 Å². The van der Waals surface area contributed by atoms with E-state index in [4.69, 9.17) is 0 Å². The molecule has 0 spiro atoms. The third kappa shape index (κ3) is 5.63. The Morgan fingerprint density at radius 1 is 1.00 bits per heavy atom. The Morgan fingerprint density at radius 2 is 1.62 bits per heavy atom. The van der Waals surface area contributed by atoms with Gasteiger partial charge in [0.15, 0.2) is 0 Å². The van der Waals surface area contributed by atoms with Crippen LogP contribution in [0.5, 0.6) is 0 Å². The molecule has 5 unspecified atom stereocenters. The van der Waals surface area contributed by atoms with Gasteiger partial charge in [-0.1, -0.05) is 86.6 Å². The summed E-state index contributed by atoms with van der Waals surface area (Å²) in [7, 11) is 0. The van der Waals surface area contributed by atoms with E-state index in [0.717, 1.165) is 35.5 Å². The number of hydrogen-bond acceptors (Lipinski definition) is 0. The van der Waals surface area contributed by atoms with E-state index in [1.54, 1.807) is 0 Å². The van der Waals surface area contributed by atoms with Crippen molar-refractivity contribution in [2.45, 2.75) is 99.8 Å². The summed E-state index contributed by atoms with van der Waals surface area (Å²) in [6, 6.07) is 0. The summed E-state index contributed by atoms with van der Waals surface area (Å²) in [6.07, 6.45) is 13.4. The first-order chi connectivity index (χ1) is 11.3. The van der Waals surface area contributed by atoms with E-state index in [0.29, 0.717) is 5.41 Å². The predicted molar refractivity (Wildman–Crippen MR) is 110 cm³/mol. The smallest absolute Gasteiger partial charge is 0.0232 e. The summed E-state index contributed by atoms with van der Waals surface area (Å²) in [6.45, 7) is 21.1. The third-order valence-electron chi connectivity index (χ3n) is 7.58. The molecule has 0 aromatic heterocycles. The third-order valence-corrected chi connectivity index (χ3v) is 7.58. The molecule has 142 valence electrons. The normalized spacial score (nSPS) is 30.0. The van der Waals surface area contributed by atoms with Crippen molar-refractivity contribution in [2.24, 2.45) is 40.9 Å². The molecule has 0 amide bonds.